The molecule has 1 aliphatic carbocycles. The number of carbonyl (C=O) groups is 1. The molecule has 0 saturated heterocycles. The quantitative estimate of drug-likeness (QED) is 0.362. The van der Waals surface area contributed by atoms with E-state index in [0.29, 0.717) is 16.6 Å². The Morgan fingerprint density at radius 2 is 1.88 bits per heavy atom. The molecule has 136 valence electrons. The van der Waals surface area contributed by atoms with Crippen LogP contribution in [0.1, 0.15) is 49.4 Å². The predicted molar refractivity (Wildman–Crippen MR) is 95.2 cm³/mol. The van der Waals surface area contributed by atoms with Gasteiger partial charge in [0.05, 0.1) is 35.7 Å². The molecule has 1 atom stereocenters. The molecule has 0 aromatic heterocycles. The van der Waals surface area contributed by atoms with Crippen LogP contribution >= 0.6 is 23.2 Å². The molecule has 0 radical (unpaired) electrons. The number of nitrogens with zero attached hydrogens (tertiary/aromatic N) is 1. The van der Waals surface area contributed by atoms with E-state index in [0.717, 1.165) is 11.0 Å². The van der Waals surface area contributed by atoms with Crippen LogP contribution in [0.4, 0.5) is 0 Å². The molecule has 0 N–H and O–H groups in total. The topological polar surface area (TPSA) is 26.3 Å². The first-order valence-corrected chi connectivity index (χ1v) is 9.04. The van der Waals surface area contributed by atoms with E-state index in [1.807, 2.05) is 6.92 Å². The van der Waals surface area contributed by atoms with E-state index in [-0.39, 0.29) is 35.1 Å². The largest absolute Gasteiger partial charge is 1.00 e. The van der Waals surface area contributed by atoms with Gasteiger partial charge in [0.2, 0.25) is 0 Å². The molecule has 1 fully saturated rings. The minimum Gasteiger partial charge on any atom is -1.00 e. The summed E-state index contributed by atoms with van der Waals surface area (Å²) < 4.78 is 6.49. The van der Waals surface area contributed by atoms with Crippen LogP contribution in [0.25, 0.3) is 0 Å². The molecule has 0 heterocycles. The summed E-state index contributed by atoms with van der Waals surface area (Å²) in [6.07, 6.45) is 6.29. The maximum absolute atomic E-state index is 12.3. The molecule has 0 spiro atoms. The zero-order valence-corrected chi connectivity index (χ0v) is 18.2. The molecule has 0 amide bonds. The van der Waals surface area contributed by atoms with Gasteiger partial charge >= 0.3 is 5.97 Å². The van der Waals surface area contributed by atoms with Gasteiger partial charge in [-0.25, -0.2) is 4.79 Å². The minimum absolute atomic E-state index is 0. The fraction of sp³-hybridized carbons (Fsp3) is 0.611. The van der Waals surface area contributed by atoms with E-state index in [9.17, 15) is 4.79 Å². The summed E-state index contributed by atoms with van der Waals surface area (Å²) >= 11 is 12.0. The molecule has 1 unspecified atom stereocenters. The lowest BCUT2D eigenvalue weighted by molar-refractivity contribution is -0.918. The Balaban J connectivity index is 0.00000288. The maximum atomic E-state index is 12.3. The second kappa shape index (κ2) is 9.60. The summed E-state index contributed by atoms with van der Waals surface area (Å²) in [7, 11) is 4.46. The van der Waals surface area contributed by atoms with Crippen molar-refractivity contribution in [3.05, 3.63) is 33.8 Å². The van der Waals surface area contributed by atoms with Gasteiger partial charge in [-0.2, -0.15) is 0 Å². The van der Waals surface area contributed by atoms with E-state index >= 15 is 0 Å². The summed E-state index contributed by atoms with van der Waals surface area (Å²) in [6, 6.07) is 5.66. The number of hydrogen-bond acceptors (Lipinski definition) is 2. The Morgan fingerprint density at radius 1 is 1.25 bits per heavy atom. The van der Waals surface area contributed by atoms with Crippen molar-refractivity contribution in [1.82, 2.24) is 0 Å². The first kappa shape index (κ1) is 22.0. The van der Waals surface area contributed by atoms with Crippen molar-refractivity contribution < 1.29 is 38.0 Å². The second-order valence-corrected chi connectivity index (χ2v) is 7.86. The minimum atomic E-state index is -0.409. The first-order chi connectivity index (χ1) is 10.8. The van der Waals surface area contributed by atoms with E-state index in [1.165, 1.54) is 32.1 Å². The highest BCUT2D eigenvalue weighted by atomic mass is 127. The second-order valence-electron chi connectivity index (χ2n) is 7.07. The number of carbonyl (C=O) groups excluding carboxylic acids is 1. The zero-order valence-electron chi connectivity index (χ0n) is 14.5. The first-order valence-electron chi connectivity index (χ1n) is 8.29. The molecule has 3 nitrogen and oxygen atoms in total. The Labute approximate surface area is 172 Å². The van der Waals surface area contributed by atoms with Gasteiger partial charge in [-0.1, -0.05) is 35.7 Å². The van der Waals surface area contributed by atoms with Crippen LogP contribution in [-0.4, -0.2) is 43.2 Å². The van der Waals surface area contributed by atoms with Crippen LogP contribution < -0.4 is 24.0 Å². The van der Waals surface area contributed by atoms with Crippen molar-refractivity contribution in [2.24, 2.45) is 0 Å². The molecule has 1 aromatic carbocycles. The van der Waals surface area contributed by atoms with Crippen molar-refractivity contribution in [2.75, 3.05) is 20.6 Å². The monoisotopic (exact) mass is 485 g/mol. The molecule has 0 aliphatic heterocycles. The average Bonchev–Trinajstić information content (AvgIpc) is 2.50. The summed E-state index contributed by atoms with van der Waals surface area (Å²) in [4.78, 5) is 12.3. The normalized spacial score (nSPS) is 17.0. The number of likely N-dealkylation sites (N-methyl/N-ethyl adjacent to an activating group) is 1. The third-order valence-electron chi connectivity index (χ3n) is 4.77. The highest BCUT2D eigenvalue weighted by Crippen LogP contribution is 2.28. The Kier molecular flexibility index (Phi) is 8.80. The number of benzene rings is 1. The highest BCUT2D eigenvalue weighted by molar-refractivity contribution is 6.43. The number of esters is 1. The summed E-state index contributed by atoms with van der Waals surface area (Å²) in [5.74, 6) is -0.409. The smallest absolute Gasteiger partial charge is 0.340 e. The highest BCUT2D eigenvalue weighted by Gasteiger charge is 2.32. The van der Waals surface area contributed by atoms with Crippen LogP contribution in [0.15, 0.2) is 18.2 Å². The van der Waals surface area contributed by atoms with Crippen LogP contribution in [-0.2, 0) is 4.74 Å². The van der Waals surface area contributed by atoms with Gasteiger partial charge in [0.25, 0.3) is 0 Å². The fourth-order valence-electron chi connectivity index (χ4n) is 3.54. The van der Waals surface area contributed by atoms with E-state index in [4.69, 9.17) is 27.9 Å². The van der Waals surface area contributed by atoms with Crippen LogP contribution in [0.5, 0.6) is 0 Å². The van der Waals surface area contributed by atoms with Crippen molar-refractivity contribution in [3.63, 3.8) is 0 Å². The number of halogens is 3. The molecule has 1 aliphatic rings. The van der Waals surface area contributed by atoms with Gasteiger partial charge in [-0.15, -0.1) is 0 Å². The number of ether oxygens (including phenoxy) is 1. The van der Waals surface area contributed by atoms with Gasteiger partial charge in [-0.3, -0.25) is 0 Å². The number of rotatable bonds is 5. The van der Waals surface area contributed by atoms with Gasteiger partial charge in [0, 0.05) is 0 Å². The standard InChI is InChI=1S/C18H26Cl2NO2.HI/c1-13(12-21(2,3)14-8-5-4-6-9-14)23-18(22)15-10-7-11-16(19)17(15)20;/h7,10-11,13-14H,4-6,8-9,12H2,1-3H3;1H/q+1;/p-1. The molecule has 0 bridgehead atoms. The number of hydrogen-bond donors (Lipinski definition) is 0. The lowest BCUT2D eigenvalue weighted by atomic mass is 9.93. The van der Waals surface area contributed by atoms with Crippen LogP contribution in [0.3, 0.4) is 0 Å². The van der Waals surface area contributed by atoms with E-state index < -0.39 is 5.97 Å². The fourth-order valence-corrected chi connectivity index (χ4v) is 3.91. The predicted octanol–water partition coefficient (Wildman–Crippen LogP) is 1.95. The maximum Gasteiger partial charge on any atom is 0.340 e. The third kappa shape index (κ3) is 5.75. The van der Waals surface area contributed by atoms with Crippen molar-refractivity contribution >= 4 is 29.2 Å². The zero-order chi connectivity index (χ0) is 17.0. The van der Waals surface area contributed by atoms with Crippen LogP contribution in [0.2, 0.25) is 10.0 Å². The Bertz CT molecular complexity index is 560. The number of quaternary nitrogens is 1. The molecule has 2 rings (SSSR count). The Morgan fingerprint density at radius 3 is 2.50 bits per heavy atom. The summed E-state index contributed by atoms with van der Waals surface area (Å²) in [5.41, 5.74) is 0.328. The van der Waals surface area contributed by atoms with Crippen molar-refractivity contribution in [2.45, 2.75) is 51.2 Å². The van der Waals surface area contributed by atoms with Gasteiger partial charge < -0.3 is 33.2 Å². The SMILES string of the molecule is CC(C[N+](C)(C)C1CCCCC1)OC(=O)c1cccc(Cl)c1Cl.[I-]. The van der Waals surface area contributed by atoms with Gasteiger partial charge in [0.1, 0.15) is 12.6 Å². The summed E-state index contributed by atoms with van der Waals surface area (Å²) in [5, 5.41) is 0.625. The lowest BCUT2D eigenvalue weighted by Crippen LogP contribution is -3.00. The molecular formula is C18H26Cl2INO2. The van der Waals surface area contributed by atoms with Gasteiger partial charge in [-0.05, 0) is 44.7 Å². The van der Waals surface area contributed by atoms with E-state index in [1.54, 1.807) is 18.2 Å². The molecule has 24 heavy (non-hydrogen) atoms. The van der Waals surface area contributed by atoms with E-state index in [2.05, 4.69) is 14.1 Å². The van der Waals surface area contributed by atoms with Crippen LogP contribution in [0, 0.1) is 0 Å². The average molecular weight is 486 g/mol. The molecule has 6 heteroatoms. The molecule has 1 saturated carbocycles. The lowest BCUT2D eigenvalue weighted by Gasteiger charge is -2.41. The van der Waals surface area contributed by atoms with Crippen molar-refractivity contribution in [1.29, 1.82) is 0 Å². The Hall–Kier alpha value is -0.0400. The van der Waals surface area contributed by atoms with Gasteiger partial charge in [0.15, 0.2) is 0 Å². The molecular weight excluding hydrogens is 460 g/mol. The van der Waals surface area contributed by atoms with Crippen molar-refractivity contribution in [3.8, 4) is 0 Å². The third-order valence-corrected chi connectivity index (χ3v) is 5.59. The summed E-state index contributed by atoms with van der Waals surface area (Å²) in [6.45, 7) is 2.74. The molecule has 1 aromatic rings.